The third-order valence-corrected chi connectivity index (χ3v) is 3.64. The number of unbranched alkanes of at least 4 members (excludes halogenated alkanes) is 7. The van der Waals surface area contributed by atoms with Crippen LogP contribution >= 0.6 is 0 Å². The van der Waals surface area contributed by atoms with E-state index in [0.29, 0.717) is 0 Å². The molecule has 0 radical (unpaired) electrons. The Kier molecular flexibility index (Phi) is 9.85. The zero-order valence-electron chi connectivity index (χ0n) is 12.0. The van der Waals surface area contributed by atoms with Crippen molar-refractivity contribution >= 4 is 0 Å². The lowest BCUT2D eigenvalue weighted by Gasteiger charge is -2.28. The van der Waals surface area contributed by atoms with Gasteiger partial charge in [-0.25, -0.2) is 0 Å². The topological polar surface area (TPSA) is 40.5 Å². The molecule has 0 bridgehead atoms. The van der Waals surface area contributed by atoms with Gasteiger partial charge >= 0.3 is 0 Å². The molecule has 2 heteroatoms. The molecule has 0 heterocycles. The Morgan fingerprint density at radius 1 is 0.882 bits per heavy atom. The van der Waals surface area contributed by atoms with Crippen LogP contribution in [0.15, 0.2) is 0 Å². The van der Waals surface area contributed by atoms with Crippen molar-refractivity contribution in [3.05, 3.63) is 0 Å². The molecule has 0 saturated heterocycles. The first-order valence-corrected chi connectivity index (χ1v) is 7.33. The maximum absolute atomic E-state index is 9.89. The minimum absolute atomic E-state index is 0.0607. The van der Waals surface area contributed by atoms with Crippen LogP contribution in [-0.2, 0) is 0 Å². The monoisotopic (exact) mass is 244 g/mol. The predicted octanol–water partition coefficient (Wildman–Crippen LogP) is 3.90. The fourth-order valence-corrected chi connectivity index (χ4v) is 1.97. The van der Waals surface area contributed by atoms with Crippen molar-refractivity contribution in [3.8, 4) is 0 Å². The second kappa shape index (κ2) is 9.90. The molecule has 0 aliphatic rings. The van der Waals surface area contributed by atoms with Gasteiger partial charge in [-0.1, -0.05) is 72.1 Å². The van der Waals surface area contributed by atoms with Gasteiger partial charge in [-0.15, -0.1) is 0 Å². The van der Waals surface area contributed by atoms with E-state index in [1.165, 1.54) is 44.9 Å². The van der Waals surface area contributed by atoms with Crippen LogP contribution < -0.4 is 0 Å². The lowest BCUT2D eigenvalue weighted by Crippen LogP contribution is -2.32. The van der Waals surface area contributed by atoms with Gasteiger partial charge in [-0.3, -0.25) is 0 Å². The molecule has 0 saturated carbocycles. The van der Waals surface area contributed by atoms with E-state index in [-0.39, 0.29) is 18.1 Å². The SMILES string of the molecule is CCCCCCCCCCC(O)C(C)(C)CO. The van der Waals surface area contributed by atoms with Gasteiger partial charge in [0.1, 0.15) is 0 Å². The Hall–Kier alpha value is -0.0800. The van der Waals surface area contributed by atoms with Gasteiger partial charge in [-0.2, -0.15) is 0 Å². The lowest BCUT2D eigenvalue weighted by atomic mass is 9.84. The van der Waals surface area contributed by atoms with Crippen LogP contribution in [0.5, 0.6) is 0 Å². The molecule has 0 spiro atoms. The fourth-order valence-electron chi connectivity index (χ4n) is 1.97. The zero-order chi connectivity index (χ0) is 13.1. The molecule has 0 aromatic heterocycles. The molecule has 0 aliphatic heterocycles. The Labute approximate surface area is 107 Å². The van der Waals surface area contributed by atoms with Crippen molar-refractivity contribution in [2.24, 2.45) is 5.41 Å². The highest BCUT2D eigenvalue weighted by Gasteiger charge is 2.26. The van der Waals surface area contributed by atoms with Crippen molar-refractivity contribution in [2.75, 3.05) is 6.61 Å². The number of rotatable bonds is 11. The summed E-state index contributed by atoms with van der Waals surface area (Å²) in [5, 5.41) is 19.0. The summed E-state index contributed by atoms with van der Waals surface area (Å²) in [5.74, 6) is 0. The van der Waals surface area contributed by atoms with Crippen LogP contribution in [0.2, 0.25) is 0 Å². The first-order chi connectivity index (χ1) is 8.04. The summed E-state index contributed by atoms with van der Waals surface area (Å²) in [6.07, 6.45) is 10.8. The van der Waals surface area contributed by atoms with Gasteiger partial charge in [0.25, 0.3) is 0 Å². The van der Waals surface area contributed by atoms with E-state index < -0.39 is 0 Å². The van der Waals surface area contributed by atoms with Crippen molar-refractivity contribution in [1.82, 2.24) is 0 Å². The van der Waals surface area contributed by atoms with E-state index in [9.17, 15) is 5.11 Å². The number of hydrogen-bond acceptors (Lipinski definition) is 2. The molecule has 1 atom stereocenters. The van der Waals surface area contributed by atoms with E-state index in [1.54, 1.807) is 0 Å². The van der Waals surface area contributed by atoms with Crippen molar-refractivity contribution in [1.29, 1.82) is 0 Å². The summed E-state index contributed by atoms with van der Waals surface area (Å²) in [4.78, 5) is 0. The molecular formula is C15H32O2. The Morgan fingerprint density at radius 3 is 1.82 bits per heavy atom. The average molecular weight is 244 g/mol. The van der Waals surface area contributed by atoms with Gasteiger partial charge in [-0.05, 0) is 6.42 Å². The Balaban J connectivity index is 3.34. The second-order valence-corrected chi connectivity index (χ2v) is 5.93. The molecule has 0 aromatic carbocycles. The normalized spacial score (nSPS) is 13.9. The first-order valence-electron chi connectivity index (χ1n) is 7.33. The molecule has 0 fully saturated rings. The highest BCUT2D eigenvalue weighted by Crippen LogP contribution is 2.24. The van der Waals surface area contributed by atoms with E-state index in [2.05, 4.69) is 6.92 Å². The van der Waals surface area contributed by atoms with Crippen LogP contribution in [0.1, 0.15) is 78.6 Å². The molecule has 0 rings (SSSR count). The summed E-state index contributed by atoms with van der Waals surface area (Å²) in [6, 6.07) is 0. The summed E-state index contributed by atoms with van der Waals surface area (Å²) >= 11 is 0. The van der Waals surface area contributed by atoms with E-state index in [4.69, 9.17) is 5.11 Å². The molecular weight excluding hydrogens is 212 g/mol. The molecule has 0 amide bonds. The number of hydrogen-bond donors (Lipinski definition) is 2. The molecule has 2 nitrogen and oxygen atoms in total. The maximum atomic E-state index is 9.89. The van der Waals surface area contributed by atoms with Crippen molar-refractivity contribution in [3.63, 3.8) is 0 Å². The van der Waals surface area contributed by atoms with Crippen LogP contribution in [0, 0.1) is 5.41 Å². The quantitative estimate of drug-likeness (QED) is 0.541. The minimum Gasteiger partial charge on any atom is -0.396 e. The summed E-state index contributed by atoms with van der Waals surface area (Å²) in [5.41, 5.74) is -0.346. The summed E-state index contributed by atoms with van der Waals surface area (Å²) < 4.78 is 0. The number of aliphatic hydroxyl groups excluding tert-OH is 2. The third-order valence-electron chi connectivity index (χ3n) is 3.64. The van der Waals surface area contributed by atoms with E-state index in [1.807, 2.05) is 13.8 Å². The number of aliphatic hydroxyl groups is 2. The van der Waals surface area contributed by atoms with Gasteiger partial charge in [0.15, 0.2) is 0 Å². The molecule has 1 unspecified atom stereocenters. The highest BCUT2D eigenvalue weighted by molar-refractivity contribution is 4.76. The molecule has 17 heavy (non-hydrogen) atoms. The van der Waals surface area contributed by atoms with Crippen LogP contribution in [-0.4, -0.2) is 22.9 Å². The van der Waals surface area contributed by atoms with Crippen molar-refractivity contribution in [2.45, 2.75) is 84.7 Å². The van der Waals surface area contributed by atoms with E-state index >= 15 is 0 Å². The van der Waals surface area contributed by atoms with Gasteiger partial charge < -0.3 is 10.2 Å². The molecule has 2 N–H and O–H groups in total. The molecule has 0 aliphatic carbocycles. The fraction of sp³-hybridized carbons (Fsp3) is 1.00. The van der Waals surface area contributed by atoms with Crippen molar-refractivity contribution < 1.29 is 10.2 Å². The largest absolute Gasteiger partial charge is 0.396 e. The second-order valence-electron chi connectivity index (χ2n) is 5.93. The summed E-state index contributed by atoms with van der Waals surface area (Å²) in [6.45, 7) is 6.14. The van der Waals surface area contributed by atoms with Crippen LogP contribution in [0.4, 0.5) is 0 Å². The third kappa shape index (κ3) is 8.62. The highest BCUT2D eigenvalue weighted by atomic mass is 16.3. The standard InChI is InChI=1S/C15H32O2/c1-4-5-6-7-8-9-10-11-12-14(17)15(2,3)13-16/h14,16-17H,4-13H2,1-3H3. The van der Waals surface area contributed by atoms with Gasteiger partial charge in [0.2, 0.25) is 0 Å². The Bertz CT molecular complexity index is 166. The predicted molar refractivity (Wildman–Crippen MR) is 74.1 cm³/mol. The van der Waals surface area contributed by atoms with Crippen LogP contribution in [0.3, 0.4) is 0 Å². The molecule has 0 aromatic rings. The zero-order valence-corrected chi connectivity index (χ0v) is 12.0. The van der Waals surface area contributed by atoms with E-state index in [0.717, 1.165) is 12.8 Å². The Morgan fingerprint density at radius 2 is 1.35 bits per heavy atom. The minimum atomic E-state index is -0.368. The van der Waals surface area contributed by atoms with Gasteiger partial charge in [0, 0.05) is 5.41 Å². The first kappa shape index (κ1) is 16.9. The maximum Gasteiger partial charge on any atom is 0.0613 e. The summed E-state index contributed by atoms with van der Waals surface area (Å²) in [7, 11) is 0. The molecule has 104 valence electrons. The van der Waals surface area contributed by atoms with Crippen LogP contribution in [0.25, 0.3) is 0 Å². The smallest absolute Gasteiger partial charge is 0.0613 e. The average Bonchev–Trinajstić information content (AvgIpc) is 2.32. The lowest BCUT2D eigenvalue weighted by molar-refractivity contribution is 0.00143. The van der Waals surface area contributed by atoms with Gasteiger partial charge in [0.05, 0.1) is 12.7 Å².